The fourth-order valence-corrected chi connectivity index (χ4v) is 3.41. The molecule has 0 aromatic heterocycles. The minimum Gasteiger partial charge on any atom is -0.285 e. The summed E-state index contributed by atoms with van der Waals surface area (Å²) in [5.41, 5.74) is -6.12. The molecule has 0 aliphatic heterocycles. The van der Waals surface area contributed by atoms with Crippen molar-refractivity contribution < 1.29 is 44.0 Å². The molecule has 0 saturated heterocycles. The predicted molar refractivity (Wildman–Crippen MR) is 52.1 cm³/mol. The predicted octanol–water partition coefficient (Wildman–Crippen LogP) is 1.19. The zero-order valence-corrected chi connectivity index (χ0v) is 10.6. The standard InChI is InChI=1S/C7H4F5NO5S2/c8-4-1-5(9)3-6(2-4)19(15,16)13(14)20(17,18)7(10,11)12/h1-3,14H. The third-order valence-electron chi connectivity index (χ3n) is 1.84. The monoisotopic (exact) mass is 341 g/mol. The van der Waals surface area contributed by atoms with E-state index < -0.39 is 46.0 Å². The fourth-order valence-electron chi connectivity index (χ4n) is 0.985. The smallest absolute Gasteiger partial charge is 0.285 e. The Labute approximate surface area is 109 Å². The number of alkyl halides is 3. The van der Waals surface area contributed by atoms with E-state index in [9.17, 15) is 38.8 Å². The molecule has 1 N–H and O–H groups in total. The van der Waals surface area contributed by atoms with Gasteiger partial charge in [-0.3, -0.25) is 5.21 Å². The van der Waals surface area contributed by atoms with Crippen molar-refractivity contribution in [1.29, 1.82) is 0 Å². The molecule has 0 radical (unpaired) electrons. The summed E-state index contributed by atoms with van der Waals surface area (Å²) in [6.45, 7) is 0. The van der Waals surface area contributed by atoms with Crippen LogP contribution in [0.1, 0.15) is 0 Å². The Bertz CT molecular complexity index is 706. The molecule has 6 nitrogen and oxygen atoms in total. The lowest BCUT2D eigenvalue weighted by atomic mass is 10.3. The number of hydrogen-bond donors (Lipinski definition) is 1. The maximum Gasteiger partial charge on any atom is 0.514 e. The van der Waals surface area contributed by atoms with Gasteiger partial charge in [-0.05, 0) is 12.1 Å². The van der Waals surface area contributed by atoms with Gasteiger partial charge in [0.1, 0.15) is 11.6 Å². The highest BCUT2D eigenvalue weighted by atomic mass is 32.3. The minimum absolute atomic E-state index is 0.0352. The van der Waals surface area contributed by atoms with Crippen LogP contribution in [0.15, 0.2) is 23.1 Å². The lowest BCUT2D eigenvalue weighted by Gasteiger charge is -2.16. The van der Waals surface area contributed by atoms with Crippen LogP contribution >= 0.6 is 0 Å². The van der Waals surface area contributed by atoms with Crippen LogP contribution in [-0.2, 0) is 20.0 Å². The molecule has 0 atom stereocenters. The van der Waals surface area contributed by atoms with Gasteiger partial charge in [-0.25, -0.2) is 17.2 Å². The van der Waals surface area contributed by atoms with Crippen molar-refractivity contribution in [3.8, 4) is 0 Å². The van der Waals surface area contributed by atoms with E-state index in [1.54, 1.807) is 0 Å². The molecule has 0 bridgehead atoms. The van der Waals surface area contributed by atoms with E-state index >= 15 is 0 Å². The van der Waals surface area contributed by atoms with Crippen LogP contribution in [0, 0.1) is 11.6 Å². The molecule has 0 aliphatic carbocycles. The second kappa shape index (κ2) is 4.91. The lowest BCUT2D eigenvalue weighted by Crippen LogP contribution is -2.42. The van der Waals surface area contributed by atoms with Crippen LogP contribution in [0.3, 0.4) is 0 Å². The minimum atomic E-state index is -6.65. The van der Waals surface area contributed by atoms with Crippen molar-refractivity contribution in [2.45, 2.75) is 10.4 Å². The van der Waals surface area contributed by atoms with Crippen molar-refractivity contribution in [3.05, 3.63) is 29.8 Å². The molecule has 0 saturated carbocycles. The van der Waals surface area contributed by atoms with Gasteiger partial charge < -0.3 is 0 Å². The highest BCUT2D eigenvalue weighted by Crippen LogP contribution is 2.30. The Balaban J connectivity index is 3.45. The van der Waals surface area contributed by atoms with Gasteiger partial charge in [0, 0.05) is 9.94 Å². The first kappa shape index (κ1) is 16.7. The van der Waals surface area contributed by atoms with Gasteiger partial charge in [0.15, 0.2) is 0 Å². The number of halogens is 5. The van der Waals surface area contributed by atoms with Gasteiger partial charge in [0.25, 0.3) is 10.0 Å². The maximum absolute atomic E-state index is 12.8. The number of sulfonamides is 2. The third-order valence-corrected chi connectivity index (χ3v) is 5.25. The number of hydrogen-bond acceptors (Lipinski definition) is 5. The highest BCUT2D eigenvalue weighted by molar-refractivity contribution is 8.04. The maximum atomic E-state index is 12.8. The topological polar surface area (TPSA) is 91.8 Å². The summed E-state index contributed by atoms with van der Waals surface area (Å²) in [4.78, 5) is -1.51. The van der Waals surface area contributed by atoms with Gasteiger partial charge in [-0.15, -0.1) is 0 Å². The second-order valence-electron chi connectivity index (χ2n) is 3.24. The van der Waals surface area contributed by atoms with Gasteiger partial charge in [-0.1, -0.05) is 0 Å². The highest BCUT2D eigenvalue weighted by Gasteiger charge is 2.54. The molecule has 0 heterocycles. The molecule has 0 unspecified atom stereocenters. The van der Waals surface area contributed by atoms with E-state index in [1.807, 2.05) is 0 Å². The average Bonchev–Trinajstić information content (AvgIpc) is 2.24. The van der Waals surface area contributed by atoms with E-state index in [0.29, 0.717) is 0 Å². The molecule has 114 valence electrons. The van der Waals surface area contributed by atoms with Crippen molar-refractivity contribution in [2.24, 2.45) is 0 Å². The zero-order valence-electron chi connectivity index (χ0n) is 8.97. The summed E-state index contributed by atoms with van der Waals surface area (Å²) in [5, 5.41) is 8.77. The first-order chi connectivity index (χ1) is 8.80. The molecule has 0 fully saturated rings. The normalized spacial score (nSPS) is 13.8. The zero-order chi connectivity index (χ0) is 15.9. The number of nitrogens with zero attached hydrogens (tertiary/aromatic N) is 1. The Morgan fingerprint density at radius 1 is 0.950 bits per heavy atom. The molecule has 1 aromatic rings. The molecular formula is C7H4F5NO5S2. The van der Waals surface area contributed by atoms with Crippen LogP contribution in [-0.4, -0.2) is 31.4 Å². The van der Waals surface area contributed by atoms with Crippen molar-refractivity contribution in [2.75, 3.05) is 0 Å². The summed E-state index contributed by atoms with van der Waals surface area (Å²) in [7, 11) is -12.4. The number of benzene rings is 1. The van der Waals surface area contributed by atoms with Crippen LogP contribution in [0.2, 0.25) is 0 Å². The Morgan fingerprint density at radius 2 is 1.35 bits per heavy atom. The molecular weight excluding hydrogens is 337 g/mol. The summed E-state index contributed by atoms with van der Waals surface area (Å²) in [6.07, 6.45) is 0. The molecule has 1 aromatic carbocycles. The second-order valence-corrected chi connectivity index (χ2v) is 7.00. The van der Waals surface area contributed by atoms with Crippen molar-refractivity contribution >= 4 is 20.0 Å². The van der Waals surface area contributed by atoms with E-state index in [4.69, 9.17) is 5.21 Å². The Kier molecular flexibility index (Phi) is 4.11. The summed E-state index contributed by atoms with van der Waals surface area (Å²) < 4.78 is 104. The quantitative estimate of drug-likeness (QED) is 0.659. The first-order valence-electron chi connectivity index (χ1n) is 4.32. The third kappa shape index (κ3) is 2.89. The molecule has 1 rings (SSSR count). The van der Waals surface area contributed by atoms with Gasteiger partial charge in [-0.2, -0.15) is 21.6 Å². The summed E-state index contributed by atoms with van der Waals surface area (Å²) >= 11 is 0. The van der Waals surface area contributed by atoms with E-state index in [-0.39, 0.29) is 18.2 Å². The van der Waals surface area contributed by atoms with Crippen LogP contribution in [0.5, 0.6) is 0 Å². The van der Waals surface area contributed by atoms with Crippen LogP contribution in [0.25, 0.3) is 0 Å². The van der Waals surface area contributed by atoms with Gasteiger partial charge >= 0.3 is 15.5 Å². The molecule has 0 spiro atoms. The van der Waals surface area contributed by atoms with Crippen molar-refractivity contribution in [1.82, 2.24) is 3.87 Å². The lowest BCUT2D eigenvalue weighted by molar-refractivity contribution is -0.0580. The Hall–Kier alpha value is -1.31. The Morgan fingerprint density at radius 3 is 1.70 bits per heavy atom. The number of rotatable bonds is 3. The van der Waals surface area contributed by atoms with Crippen LogP contribution < -0.4 is 0 Å². The molecule has 20 heavy (non-hydrogen) atoms. The van der Waals surface area contributed by atoms with Gasteiger partial charge in [0.2, 0.25) is 0 Å². The van der Waals surface area contributed by atoms with Crippen LogP contribution in [0.4, 0.5) is 22.0 Å². The average molecular weight is 341 g/mol. The summed E-state index contributed by atoms with van der Waals surface area (Å²) in [6, 6.07) is 0.264. The van der Waals surface area contributed by atoms with E-state index in [1.165, 1.54) is 0 Å². The SMILES string of the molecule is O=S(=O)(c1cc(F)cc(F)c1)N(O)S(=O)(=O)C(F)(F)F. The van der Waals surface area contributed by atoms with E-state index in [0.717, 1.165) is 0 Å². The fraction of sp³-hybridized carbons (Fsp3) is 0.143. The molecule has 13 heteroatoms. The van der Waals surface area contributed by atoms with E-state index in [2.05, 4.69) is 0 Å². The first-order valence-corrected chi connectivity index (χ1v) is 7.20. The molecule has 0 aliphatic rings. The van der Waals surface area contributed by atoms with Crippen molar-refractivity contribution in [3.63, 3.8) is 0 Å². The largest absolute Gasteiger partial charge is 0.514 e. The summed E-state index contributed by atoms with van der Waals surface area (Å²) in [5.74, 6) is -3.00. The van der Waals surface area contributed by atoms with Gasteiger partial charge in [0.05, 0.1) is 4.90 Å². The molecule has 0 amide bonds.